The number of benzene rings is 2. The third kappa shape index (κ3) is 4.84. The second-order valence-corrected chi connectivity index (χ2v) is 5.86. The maximum atomic E-state index is 12.1. The second-order valence-electron chi connectivity index (χ2n) is 5.86. The number of ether oxygens (including phenoxy) is 1. The Morgan fingerprint density at radius 3 is 2.42 bits per heavy atom. The lowest BCUT2D eigenvalue weighted by Crippen LogP contribution is -2.32. The van der Waals surface area contributed by atoms with Crippen LogP contribution in [0.5, 0.6) is 0 Å². The third-order valence-electron chi connectivity index (χ3n) is 3.65. The van der Waals surface area contributed by atoms with Gasteiger partial charge in [-0.2, -0.15) is 0 Å². The number of carbonyl (C=O) groups excluding carboxylic acids is 1. The molecule has 2 aromatic rings. The summed E-state index contributed by atoms with van der Waals surface area (Å²) >= 11 is 0. The fourth-order valence-corrected chi connectivity index (χ4v) is 2.39. The summed E-state index contributed by atoms with van der Waals surface area (Å²) in [7, 11) is 0. The molecule has 1 unspecified atom stereocenters. The van der Waals surface area contributed by atoms with Crippen molar-refractivity contribution in [3.63, 3.8) is 0 Å². The van der Waals surface area contributed by atoms with Crippen molar-refractivity contribution in [1.82, 2.24) is 5.32 Å². The van der Waals surface area contributed by atoms with Gasteiger partial charge in [-0.15, -0.1) is 0 Å². The molecule has 0 aliphatic rings. The predicted octanol–water partition coefficient (Wildman–Crippen LogP) is 4.01. The zero-order valence-corrected chi connectivity index (χ0v) is 13.7. The molecule has 1 amide bonds. The highest BCUT2D eigenvalue weighted by Gasteiger charge is 2.20. The standard InChI is InChI=1S/C19H21NO4/c1-13(2)17(15-9-6-10-16(11-15)18(21)22)20-19(23)24-12-14-7-4-3-5-8-14/h3-11,13,17H,12H2,1-2H3,(H,20,23)(H,21,22). The van der Waals surface area contributed by atoms with Gasteiger partial charge in [0.05, 0.1) is 11.6 Å². The van der Waals surface area contributed by atoms with Crippen LogP contribution in [-0.4, -0.2) is 17.2 Å². The number of aromatic carboxylic acids is 1. The van der Waals surface area contributed by atoms with Gasteiger partial charge in [0, 0.05) is 0 Å². The van der Waals surface area contributed by atoms with Crippen LogP contribution in [0.1, 0.15) is 41.4 Å². The number of amides is 1. The molecule has 0 radical (unpaired) electrons. The van der Waals surface area contributed by atoms with E-state index in [0.29, 0.717) is 0 Å². The molecule has 2 N–H and O–H groups in total. The minimum atomic E-state index is -0.994. The third-order valence-corrected chi connectivity index (χ3v) is 3.65. The molecule has 2 aromatic carbocycles. The molecule has 0 aromatic heterocycles. The van der Waals surface area contributed by atoms with Crippen molar-refractivity contribution >= 4 is 12.1 Å². The van der Waals surface area contributed by atoms with E-state index in [1.807, 2.05) is 44.2 Å². The summed E-state index contributed by atoms with van der Waals surface area (Å²) in [5, 5.41) is 11.9. The van der Waals surface area contributed by atoms with E-state index < -0.39 is 12.1 Å². The van der Waals surface area contributed by atoms with Crippen LogP contribution in [0.2, 0.25) is 0 Å². The van der Waals surface area contributed by atoms with E-state index in [4.69, 9.17) is 9.84 Å². The first-order valence-electron chi connectivity index (χ1n) is 7.78. The molecule has 5 heteroatoms. The predicted molar refractivity (Wildman–Crippen MR) is 90.7 cm³/mol. The summed E-state index contributed by atoms with van der Waals surface area (Å²) in [4.78, 5) is 23.2. The molecule has 0 aliphatic carbocycles. The Kier molecular flexibility index (Phi) is 5.95. The maximum Gasteiger partial charge on any atom is 0.407 e. The van der Waals surface area contributed by atoms with Crippen molar-refractivity contribution in [1.29, 1.82) is 0 Å². The summed E-state index contributed by atoms with van der Waals surface area (Å²) in [6.07, 6.45) is -0.529. The average Bonchev–Trinajstić information content (AvgIpc) is 2.58. The fourth-order valence-electron chi connectivity index (χ4n) is 2.39. The quantitative estimate of drug-likeness (QED) is 0.840. The molecule has 1 atom stereocenters. The van der Waals surface area contributed by atoms with E-state index in [1.165, 1.54) is 6.07 Å². The first-order chi connectivity index (χ1) is 11.5. The molecular weight excluding hydrogens is 306 g/mol. The monoisotopic (exact) mass is 327 g/mol. The lowest BCUT2D eigenvalue weighted by Gasteiger charge is -2.23. The van der Waals surface area contributed by atoms with Crippen LogP contribution < -0.4 is 5.32 Å². The Hall–Kier alpha value is -2.82. The van der Waals surface area contributed by atoms with Crippen LogP contribution in [-0.2, 0) is 11.3 Å². The minimum Gasteiger partial charge on any atom is -0.478 e. The summed E-state index contributed by atoms with van der Waals surface area (Å²) < 4.78 is 5.24. The minimum absolute atomic E-state index is 0.0818. The topological polar surface area (TPSA) is 75.6 Å². The number of alkyl carbamates (subject to hydrolysis) is 1. The van der Waals surface area contributed by atoms with Gasteiger partial charge in [0.2, 0.25) is 0 Å². The van der Waals surface area contributed by atoms with Gasteiger partial charge in [0.15, 0.2) is 0 Å². The maximum absolute atomic E-state index is 12.1. The SMILES string of the molecule is CC(C)C(NC(=O)OCc1ccccc1)c1cccc(C(=O)O)c1. The molecule has 0 saturated carbocycles. The lowest BCUT2D eigenvalue weighted by molar-refractivity contribution is 0.0696. The van der Waals surface area contributed by atoms with Gasteiger partial charge >= 0.3 is 12.1 Å². The molecule has 24 heavy (non-hydrogen) atoms. The molecule has 0 bridgehead atoms. The fraction of sp³-hybridized carbons (Fsp3) is 0.263. The highest BCUT2D eigenvalue weighted by atomic mass is 16.5. The van der Waals surface area contributed by atoms with Crippen LogP contribution in [0.3, 0.4) is 0 Å². The highest BCUT2D eigenvalue weighted by Crippen LogP contribution is 2.23. The van der Waals surface area contributed by atoms with Gasteiger partial charge in [-0.3, -0.25) is 0 Å². The van der Waals surface area contributed by atoms with E-state index in [2.05, 4.69) is 5.32 Å². The van der Waals surface area contributed by atoms with Crippen LogP contribution in [0, 0.1) is 5.92 Å². The Morgan fingerprint density at radius 1 is 1.08 bits per heavy atom. The lowest BCUT2D eigenvalue weighted by atomic mass is 9.95. The normalized spacial score (nSPS) is 11.8. The number of carboxylic acids is 1. The van der Waals surface area contributed by atoms with E-state index in [9.17, 15) is 9.59 Å². The zero-order chi connectivity index (χ0) is 17.5. The number of hydrogen-bond acceptors (Lipinski definition) is 3. The van der Waals surface area contributed by atoms with Crippen molar-refractivity contribution in [2.24, 2.45) is 5.92 Å². The number of nitrogens with one attached hydrogen (secondary N) is 1. The average molecular weight is 327 g/mol. The highest BCUT2D eigenvalue weighted by molar-refractivity contribution is 5.87. The van der Waals surface area contributed by atoms with Crippen LogP contribution in [0.4, 0.5) is 4.79 Å². The smallest absolute Gasteiger partial charge is 0.407 e. The van der Waals surface area contributed by atoms with E-state index in [0.717, 1.165) is 11.1 Å². The van der Waals surface area contributed by atoms with Crippen LogP contribution in [0.15, 0.2) is 54.6 Å². The molecule has 0 heterocycles. The first kappa shape index (κ1) is 17.5. The molecule has 0 aliphatic heterocycles. The van der Waals surface area contributed by atoms with Gasteiger partial charge in [-0.05, 0) is 29.2 Å². The van der Waals surface area contributed by atoms with Crippen LogP contribution >= 0.6 is 0 Å². The Bertz CT molecular complexity index is 698. The molecular formula is C19H21NO4. The summed E-state index contributed by atoms with van der Waals surface area (Å²) in [5.74, 6) is -0.913. The molecule has 0 spiro atoms. The number of carboxylic acid groups (broad SMARTS) is 1. The largest absolute Gasteiger partial charge is 0.478 e. The van der Waals surface area contributed by atoms with Crippen LogP contribution in [0.25, 0.3) is 0 Å². The van der Waals surface area contributed by atoms with Crippen molar-refractivity contribution in [2.75, 3.05) is 0 Å². The van der Waals surface area contributed by atoms with E-state index in [1.54, 1.807) is 18.2 Å². The molecule has 5 nitrogen and oxygen atoms in total. The Balaban J connectivity index is 2.04. The van der Waals surface area contributed by atoms with Crippen molar-refractivity contribution in [3.05, 3.63) is 71.3 Å². The molecule has 0 fully saturated rings. The van der Waals surface area contributed by atoms with Crippen molar-refractivity contribution < 1.29 is 19.4 Å². The summed E-state index contributed by atoms with van der Waals surface area (Å²) in [6, 6.07) is 15.7. The first-order valence-corrected chi connectivity index (χ1v) is 7.78. The second kappa shape index (κ2) is 8.15. The molecule has 126 valence electrons. The van der Waals surface area contributed by atoms with E-state index >= 15 is 0 Å². The molecule has 0 saturated heterocycles. The summed E-state index contributed by atoms with van der Waals surface area (Å²) in [6.45, 7) is 4.10. The van der Waals surface area contributed by atoms with Crippen molar-refractivity contribution in [3.8, 4) is 0 Å². The van der Waals surface area contributed by atoms with Gasteiger partial charge < -0.3 is 15.2 Å². The number of hydrogen-bond donors (Lipinski definition) is 2. The van der Waals surface area contributed by atoms with Gasteiger partial charge in [-0.25, -0.2) is 9.59 Å². The number of carbonyl (C=O) groups is 2. The van der Waals surface area contributed by atoms with E-state index in [-0.39, 0.29) is 24.1 Å². The number of rotatable bonds is 6. The van der Waals surface area contributed by atoms with Gasteiger partial charge in [0.1, 0.15) is 6.61 Å². The molecule has 2 rings (SSSR count). The van der Waals surface area contributed by atoms with Gasteiger partial charge in [0.25, 0.3) is 0 Å². The Labute approximate surface area is 141 Å². The Morgan fingerprint density at radius 2 is 1.79 bits per heavy atom. The van der Waals surface area contributed by atoms with Gasteiger partial charge in [-0.1, -0.05) is 56.3 Å². The zero-order valence-electron chi connectivity index (χ0n) is 13.7. The van der Waals surface area contributed by atoms with Crippen molar-refractivity contribution in [2.45, 2.75) is 26.5 Å². The summed E-state index contributed by atoms with van der Waals surface area (Å²) in [5.41, 5.74) is 1.83.